The van der Waals surface area contributed by atoms with E-state index in [9.17, 15) is 9.59 Å². The van der Waals surface area contributed by atoms with Crippen molar-refractivity contribution in [3.8, 4) is 0 Å². The average molecular weight is 485 g/mol. The molecule has 5 rings (SSSR count). The zero-order valence-corrected chi connectivity index (χ0v) is 19.4. The number of H-pyrrole nitrogens is 1. The van der Waals surface area contributed by atoms with Gasteiger partial charge in [0, 0.05) is 39.0 Å². The lowest BCUT2D eigenvalue weighted by molar-refractivity contribution is -0.110. The van der Waals surface area contributed by atoms with Gasteiger partial charge in [0.2, 0.25) is 0 Å². The summed E-state index contributed by atoms with van der Waals surface area (Å²) in [6.45, 7) is 1.91. The number of imidazole rings is 1. The highest BCUT2D eigenvalue weighted by Gasteiger charge is 2.24. The van der Waals surface area contributed by atoms with E-state index in [1.165, 1.54) is 0 Å². The predicted molar refractivity (Wildman–Crippen MR) is 140 cm³/mol. The molecule has 8 nitrogen and oxygen atoms in total. The summed E-state index contributed by atoms with van der Waals surface area (Å²) in [5, 5.41) is 12.3. The molecule has 2 heterocycles. The van der Waals surface area contributed by atoms with E-state index in [-0.39, 0.29) is 11.9 Å². The minimum Gasteiger partial charge on any atom is -0.355 e. The van der Waals surface area contributed by atoms with Crippen LogP contribution in [0.4, 0.5) is 33.2 Å². The molecule has 0 unspecified atom stereocenters. The van der Waals surface area contributed by atoms with Gasteiger partial charge in [0.05, 0.1) is 23.3 Å². The van der Waals surface area contributed by atoms with Gasteiger partial charge >= 0.3 is 6.03 Å². The van der Waals surface area contributed by atoms with Crippen LogP contribution in [0.1, 0.15) is 17.0 Å². The Morgan fingerprint density at radius 3 is 2.40 bits per heavy atom. The second-order valence-electron chi connectivity index (χ2n) is 7.98. The summed E-state index contributed by atoms with van der Waals surface area (Å²) in [4.78, 5) is 32.2. The number of carbonyl (C=O) groups excluding carboxylic acids is 2. The number of hydrogen-bond donors (Lipinski definition) is 5. The lowest BCUT2D eigenvalue weighted by atomic mass is 10.0. The number of halogens is 1. The minimum absolute atomic E-state index is 0.170. The third kappa shape index (κ3) is 5.02. The molecule has 0 fully saturated rings. The van der Waals surface area contributed by atoms with Crippen LogP contribution in [0, 0.1) is 6.92 Å². The van der Waals surface area contributed by atoms with Gasteiger partial charge in [0.1, 0.15) is 0 Å². The number of aryl methyl sites for hydroxylation is 1. The number of nitrogens with zero attached hydrogens (tertiary/aromatic N) is 1. The number of urea groups is 1. The molecule has 3 amide bonds. The van der Waals surface area contributed by atoms with Crippen LogP contribution in [0.3, 0.4) is 0 Å². The van der Waals surface area contributed by atoms with E-state index in [4.69, 9.17) is 11.6 Å². The molecule has 5 N–H and O–H groups in total. The molecular formula is C26H21ClN6O2. The molecule has 0 atom stereocenters. The largest absolute Gasteiger partial charge is 0.355 e. The highest BCUT2D eigenvalue weighted by Crippen LogP contribution is 2.36. The van der Waals surface area contributed by atoms with E-state index in [0.29, 0.717) is 22.0 Å². The first kappa shape index (κ1) is 22.2. The van der Waals surface area contributed by atoms with Gasteiger partial charge in [0.15, 0.2) is 0 Å². The second-order valence-corrected chi connectivity index (χ2v) is 8.42. The van der Waals surface area contributed by atoms with E-state index in [1.807, 2.05) is 43.3 Å². The van der Waals surface area contributed by atoms with Crippen molar-refractivity contribution in [3.05, 3.63) is 95.0 Å². The molecule has 0 aliphatic carbocycles. The molecule has 174 valence electrons. The van der Waals surface area contributed by atoms with Crippen molar-refractivity contribution < 1.29 is 9.59 Å². The first-order chi connectivity index (χ1) is 16.9. The maximum absolute atomic E-state index is 12.5. The number of aromatic nitrogens is 2. The number of rotatable bonds is 5. The molecule has 9 heteroatoms. The zero-order chi connectivity index (χ0) is 24.4. The molecule has 3 aromatic carbocycles. The Bertz CT molecular complexity index is 1480. The van der Waals surface area contributed by atoms with Crippen molar-refractivity contribution in [3.63, 3.8) is 0 Å². The number of hydrogen-bond acceptors (Lipinski definition) is 4. The second kappa shape index (κ2) is 9.36. The highest BCUT2D eigenvalue weighted by molar-refractivity contribution is 6.35. The Balaban J connectivity index is 1.29. The van der Waals surface area contributed by atoms with E-state index in [2.05, 4.69) is 31.2 Å². The minimum atomic E-state index is -0.379. The lowest BCUT2D eigenvalue weighted by Gasteiger charge is -2.11. The number of amides is 3. The Morgan fingerprint density at radius 2 is 1.66 bits per heavy atom. The third-order valence-electron chi connectivity index (χ3n) is 5.44. The van der Waals surface area contributed by atoms with Gasteiger partial charge in [-0.2, -0.15) is 0 Å². The van der Waals surface area contributed by atoms with Crippen molar-refractivity contribution in [2.24, 2.45) is 0 Å². The molecule has 0 bridgehead atoms. The quantitative estimate of drug-likeness (QED) is 0.215. The fourth-order valence-corrected chi connectivity index (χ4v) is 3.96. The van der Waals surface area contributed by atoms with E-state index < -0.39 is 0 Å². The summed E-state index contributed by atoms with van der Waals surface area (Å²) in [5.74, 6) is -0.170. The van der Waals surface area contributed by atoms with Crippen molar-refractivity contribution in [2.45, 2.75) is 6.92 Å². The average Bonchev–Trinajstić information content (AvgIpc) is 3.36. The Labute approximate surface area is 206 Å². The van der Waals surface area contributed by atoms with Crippen molar-refractivity contribution >= 4 is 63.6 Å². The molecular weight excluding hydrogens is 464 g/mol. The zero-order valence-electron chi connectivity index (χ0n) is 18.6. The van der Waals surface area contributed by atoms with Gasteiger partial charge in [-0.05, 0) is 61.5 Å². The SMILES string of the molecule is Cc1[nH]cnc1C=C1C(=O)Nc2cc(Nc3cccc(NC(=O)Nc4cccc(Cl)c4)c3)ccc21. The molecule has 1 aliphatic heterocycles. The number of aromatic amines is 1. The first-order valence-electron chi connectivity index (χ1n) is 10.8. The Hall–Kier alpha value is -4.56. The molecule has 0 saturated carbocycles. The standard InChI is InChI=1S/C26H21ClN6O2/c1-15-23(29-14-28-15)13-22-21-9-8-20(12-24(21)33-25(22)34)30-18-6-3-7-19(11-18)32-26(35)31-17-5-2-4-16(27)10-17/h2-14,30H,1H3,(H,28,29)(H,33,34)(H2,31,32,35). The fraction of sp³-hybridized carbons (Fsp3) is 0.0385. The molecule has 4 aromatic rings. The molecule has 0 saturated heterocycles. The lowest BCUT2D eigenvalue weighted by Crippen LogP contribution is -2.19. The first-order valence-corrected chi connectivity index (χ1v) is 11.2. The van der Waals surface area contributed by atoms with Gasteiger partial charge in [-0.1, -0.05) is 29.8 Å². The molecule has 0 spiro atoms. The predicted octanol–water partition coefficient (Wildman–Crippen LogP) is 6.25. The summed E-state index contributed by atoms with van der Waals surface area (Å²) in [6.07, 6.45) is 3.39. The van der Waals surface area contributed by atoms with E-state index >= 15 is 0 Å². The van der Waals surface area contributed by atoms with E-state index in [0.717, 1.165) is 34.0 Å². The van der Waals surface area contributed by atoms with Crippen LogP contribution in [0.25, 0.3) is 11.6 Å². The molecule has 0 radical (unpaired) electrons. The molecule has 35 heavy (non-hydrogen) atoms. The fourth-order valence-electron chi connectivity index (χ4n) is 3.77. The van der Waals surface area contributed by atoms with Crippen LogP contribution < -0.4 is 21.3 Å². The van der Waals surface area contributed by atoms with Gasteiger partial charge in [-0.3, -0.25) is 4.79 Å². The van der Waals surface area contributed by atoms with Gasteiger partial charge in [-0.25, -0.2) is 9.78 Å². The third-order valence-corrected chi connectivity index (χ3v) is 5.68. The Morgan fingerprint density at radius 1 is 0.943 bits per heavy atom. The van der Waals surface area contributed by atoms with Crippen LogP contribution in [0.2, 0.25) is 5.02 Å². The maximum atomic E-state index is 12.5. The number of fused-ring (bicyclic) bond motifs is 1. The summed E-state index contributed by atoms with van der Waals surface area (Å²) in [7, 11) is 0. The van der Waals surface area contributed by atoms with Gasteiger partial charge in [-0.15, -0.1) is 0 Å². The summed E-state index contributed by atoms with van der Waals surface area (Å²) in [5.41, 5.74) is 6.51. The number of benzene rings is 3. The van der Waals surface area contributed by atoms with Crippen LogP contribution >= 0.6 is 11.6 Å². The Kier molecular flexibility index (Phi) is 5.95. The van der Waals surface area contributed by atoms with E-state index in [1.54, 1.807) is 42.7 Å². The van der Waals surface area contributed by atoms with Crippen LogP contribution in [-0.2, 0) is 4.79 Å². The molecule has 1 aliphatic rings. The van der Waals surface area contributed by atoms with Crippen molar-refractivity contribution in [1.82, 2.24) is 9.97 Å². The normalized spacial score (nSPS) is 13.3. The van der Waals surface area contributed by atoms with Crippen LogP contribution in [0.5, 0.6) is 0 Å². The monoisotopic (exact) mass is 484 g/mol. The maximum Gasteiger partial charge on any atom is 0.323 e. The van der Waals surface area contributed by atoms with Crippen LogP contribution in [0.15, 0.2) is 73.1 Å². The smallest absolute Gasteiger partial charge is 0.323 e. The number of carbonyl (C=O) groups is 2. The van der Waals surface area contributed by atoms with Crippen molar-refractivity contribution in [1.29, 1.82) is 0 Å². The van der Waals surface area contributed by atoms with Gasteiger partial charge in [0.25, 0.3) is 5.91 Å². The van der Waals surface area contributed by atoms with Crippen LogP contribution in [-0.4, -0.2) is 21.9 Å². The highest BCUT2D eigenvalue weighted by atomic mass is 35.5. The topological polar surface area (TPSA) is 111 Å². The van der Waals surface area contributed by atoms with Crippen molar-refractivity contribution in [2.75, 3.05) is 21.3 Å². The number of nitrogens with one attached hydrogen (secondary N) is 5. The van der Waals surface area contributed by atoms with Gasteiger partial charge < -0.3 is 26.3 Å². The summed E-state index contributed by atoms with van der Waals surface area (Å²) < 4.78 is 0. The number of anilines is 5. The summed E-state index contributed by atoms with van der Waals surface area (Å²) in [6, 6.07) is 19.5. The summed E-state index contributed by atoms with van der Waals surface area (Å²) >= 11 is 5.97. The molecule has 1 aromatic heterocycles.